The van der Waals surface area contributed by atoms with E-state index in [0.717, 1.165) is 0 Å². The number of pyridine rings is 1. The SMILES string of the molecule is CN(N)c1ncccc1S(=O)(=O)N1CCOCC1. The Balaban J connectivity index is 2.40. The molecule has 2 N–H and O–H groups in total. The first-order chi connectivity index (χ1) is 8.53. The number of nitrogens with two attached hydrogens (primary N) is 1. The maximum Gasteiger partial charge on any atom is 0.246 e. The molecular weight excluding hydrogens is 256 g/mol. The number of hydrazine groups is 1. The number of hydrogen-bond acceptors (Lipinski definition) is 6. The molecule has 1 aliphatic rings. The van der Waals surface area contributed by atoms with Crippen LogP contribution in [0.4, 0.5) is 5.82 Å². The number of aromatic nitrogens is 1. The lowest BCUT2D eigenvalue weighted by atomic mass is 10.4. The van der Waals surface area contributed by atoms with Gasteiger partial charge in [-0.2, -0.15) is 4.31 Å². The largest absolute Gasteiger partial charge is 0.379 e. The molecule has 0 aromatic carbocycles. The van der Waals surface area contributed by atoms with E-state index in [1.54, 1.807) is 13.1 Å². The van der Waals surface area contributed by atoms with Gasteiger partial charge in [-0.25, -0.2) is 19.2 Å². The lowest BCUT2D eigenvalue weighted by Crippen LogP contribution is -2.41. The minimum Gasteiger partial charge on any atom is -0.379 e. The molecule has 0 saturated carbocycles. The monoisotopic (exact) mass is 272 g/mol. The highest BCUT2D eigenvalue weighted by molar-refractivity contribution is 7.89. The predicted molar refractivity (Wildman–Crippen MR) is 66.4 cm³/mol. The van der Waals surface area contributed by atoms with Gasteiger partial charge in [0, 0.05) is 26.3 Å². The average molecular weight is 272 g/mol. The lowest BCUT2D eigenvalue weighted by molar-refractivity contribution is 0.0730. The highest BCUT2D eigenvalue weighted by Crippen LogP contribution is 2.24. The van der Waals surface area contributed by atoms with E-state index in [1.807, 2.05) is 0 Å². The van der Waals surface area contributed by atoms with Gasteiger partial charge in [0.25, 0.3) is 0 Å². The van der Waals surface area contributed by atoms with Gasteiger partial charge in [0.15, 0.2) is 5.82 Å². The molecule has 18 heavy (non-hydrogen) atoms. The molecule has 2 heterocycles. The van der Waals surface area contributed by atoms with Crippen LogP contribution in [0, 0.1) is 0 Å². The summed E-state index contributed by atoms with van der Waals surface area (Å²) in [7, 11) is -2.01. The third kappa shape index (κ3) is 2.46. The zero-order valence-electron chi connectivity index (χ0n) is 10.1. The number of anilines is 1. The quantitative estimate of drug-likeness (QED) is 0.584. The van der Waals surface area contributed by atoms with Crippen LogP contribution in [-0.4, -0.2) is 51.1 Å². The molecule has 0 aliphatic carbocycles. The normalized spacial score (nSPS) is 17.7. The second kappa shape index (κ2) is 5.19. The summed E-state index contributed by atoms with van der Waals surface area (Å²) in [6, 6.07) is 3.09. The molecule has 2 rings (SSSR count). The maximum absolute atomic E-state index is 12.5. The van der Waals surface area contributed by atoms with Crippen molar-refractivity contribution in [3.63, 3.8) is 0 Å². The lowest BCUT2D eigenvalue weighted by Gasteiger charge is -2.27. The van der Waals surface area contributed by atoms with Crippen molar-refractivity contribution in [3.8, 4) is 0 Å². The third-order valence-corrected chi connectivity index (χ3v) is 4.59. The Bertz CT molecular complexity index is 512. The van der Waals surface area contributed by atoms with Crippen LogP contribution in [0.2, 0.25) is 0 Å². The molecule has 0 spiro atoms. The van der Waals surface area contributed by atoms with E-state index in [2.05, 4.69) is 4.98 Å². The van der Waals surface area contributed by atoms with Crippen molar-refractivity contribution in [1.29, 1.82) is 0 Å². The second-order valence-corrected chi connectivity index (χ2v) is 5.86. The van der Waals surface area contributed by atoms with E-state index in [0.29, 0.717) is 26.3 Å². The van der Waals surface area contributed by atoms with Crippen molar-refractivity contribution >= 4 is 15.8 Å². The first-order valence-electron chi connectivity index (χ1n) is 5.55. The van der Waals surface area contributed by atoms with Crippen LogP contribution in [0.25, 0.3) is 0 Å². The van der Waals surface area contributed by atoms with Crippen LogP contribution in [0.3, 0.4) is 0 Å². The Morgan fingerprint density at radius 1 is 1.44 bits per heavy atom. The van der Waals surface area contributed by atoms with E-state index in [4.69, 9.17) is 10.6 Å². The number of ether oxygens (including phenoxy) is 1. The van der Waals surface area contributed by atoms with Crippen molar-refractivity contribution < 1.29 is 13.2 Å². The Morgan fingerprint density at radius 2 is 2.11 bits per heavy atom. The molecule has 0 bridgehead atoms. The zero-order valence-corrected chi connectivity index (χ0v) is 10.9. The van der Waals surface area contributed by atoms with E-state index < -0.39 is 10.0 Å². The summed E-state index contributed by atoms with van der Waals surface area (Å²) in [4.78, 5) is 4.13. The van der Waals surface area contributed by atoms with E-state index in [9.17, 15) is 8.42 Å². The molecule has 1 saturated heterocycles. The smallest absolute Gasteiger partial charge is 0.246 e. The summed E-state index contributed by atoms with van der Waals surface area (Å²) in [5, 5.41) is 1.20. The highest BCUT2D eigenvalue weighted by Gasteiger charge is 2.29. The van der Waals surface area contributed by atoms with Crippen LogP contribution >= 0.6 is 0 Å². The van der Waals surface area contributed by atoms with Gasteiger partial charge in [-0.1, -0.05) is 0 Å². The van der Waals surface area contributed by atoms with Gasteiger partial charge < -0.3 is 4.74 Å². The van der Waals surface area contributed by atoms with Gasteiger partial charge >= 0.3 is 0 Å². The topological polar surface area (TPSA) is 88.8 Å². The fraction of sp³-hybridized carbons (Fsp3) is 0.500. The van der Waals surface area contributed by atoms with Crippen molar-refractivity contribution in [2.75, 3.05) is 38.4 Å². The van der Waals surface area contributed by atoms with E-state index in [1.165, 1.54) is 21.6 Å². The molecular formula is C10H16N4O3S. The molecule has 0 amide bonds. The van der Waals surface area contributed by atoms with Crippen LogP contribution in [0.1, 0.15) is 0 Å². The van der Waals surface area contributed by atoms with E-state index in [-0.39, 0.29) is 10.7 Å². The van der Waals surface area contributed by atoms with Gasteiger partial charge in [-0.3, -0.25) is 5.01 Å². The minimum atomic E-state index is -3.57. The Kier molecular flexibility index (Phi) is 3.81. The van der Waals surface area contributed by atoms with E-state index >= 15 is 0 Å². The summed E-state index contributed by atoms with van der Waals surface area (Å²) >= 11 is 0. The molecule has 1 fully saturated rings. The van der Waals surface area contributed by atoms with Gasteiger partial charge in [0.1, 0.15) is 4.90 Å². The number of nitrogens with zero attached hydrogens (tertiary/aromatic N) is 3. The first-order valence-corrected chi connectivity index (χ1v) is 6.99. The molecule has 1 aromatic rings. The fourth-order valence-corrected chi connectivity index (χ4v) is 3.36. The predicted octanol–water partition coefficient (Wildman–Crippen LogP) is -0.588. The summed E-state index contributed by atoms with van der Waals surface area (Å²) in [5.41, 5.74) is 0. The van der Waals surface area contributed by atoms with Crippen molar-refractivity contribution in [3.05, 3.63) is 18.3 Å². The molecule has 0 unspecified atom stereocenters. The van der Waals surface area contributed by atoms with Crippen molar-refractivity contribution in [2.45, 2.75) is 4.90 Å². The molecule has 1 aromatic heterocycles. The molecule has 100 valence electrons. The maximum atomic E-state index is 12.5. The number of hydrogen-bond donors (Lipinski definition) is 1. The van der Waals surface area contributed by atoms with Crippen LogP contribution in [-0.2, 0) is 14.8 Å². The Labute approximate surface area is 106 Å². The minimum absolute atomic E-state index is 0.122. The van der Waals surface area contributed by atoms with Crippen LogP contribution in [0.5, 0.6) is 0 Å². The summed E-state index contributed by atoms with van der Waals surface area (Å²) in [6.45, 7) is 1.52. The standard InChI is InChI=1S/C10H16N4O3S/c1-13(11)10-9(3-2-4-12-10)18(15,16)14-5-7-17-8-6-14/h2-4H,5-8,11H2,1H3. The van der Waals surface area contributed by atoms with Crippen LogP contribution < -0.4 is 10.9 Å². The highest BCUT2D eigenvalue weighted by atomic mass is 32.2. The molecule has 0 atom stereocenters. The zero-order chi connectivity index (χ0) is 13.2. The van der Waals surface area contributed by atoms with Crippen LogP contribution in [0.15, 0.2) is 23.2 Å². The van der Waals surface area contributed by atoms with Gasteiger partial charge in [0.2, 0.25) is 10.0 Å². The number of rotatable bonds is 3. The Hall–Kier alpha value is -1.22. The van der Waals surface area contributed by atoms with Gasteiger partial charge in [-0.15, -0.1) is 0 Å². The molecule has 0 radical (unpaired) electrons. The fourth-order valence-electron chi connectivity index (χ4n) is 1.77. The first kappa shape index (κ1) is 13.2. The summed E-state index contributed by atoms with van der Waals surface area (Å²) in [6.07, 6.45) is 1.51. The van der Waals surface area contributed by atoms with Gasteiger partial charge in [0.05, 0.1) is 13.2 Å². The number of morpholine rings is 1. The third-order valence-electron chi connectivity index (χ3n) is 2.67. The van der Waals surface area contributed by atoms with Crippen molar-refractivity contribution in [2.24, 2.45) is 5.84 Å². The summed E-state index contributed by atoms with van der Waals surface area (Å²) < 4.78 is 31.5. The molecule has 8 heteroatoms. The molecule has 1 aliphatic heterocycles. The Morgan fingerprint density at radius 3 is 2.72 bits per heavy atom. The van der Waals surface area contributed by atoms with Crippen molar-refractivity contribution in [1.82, 2.24) is 9.29 Å². The second-order valence-electron chi connectivity index (χ2n) is 3.95. The average Bonchev–Trinajstić information content (AvgIpc) is 2.39. The number of sulfonamides is 1. The summed E-state index contributed by atoms with van der Waals surface area (Å²) in [5.74, 6) is 5.84. The van der Waals surface area contributed by atoms with Gasteiger partial charge in [-0.05, 0) is 12.1 Å². The molecule has 7 nitrogen and oxygen atoms in total.